The number of halogens is 1. The van der Waals surface area contributed by atoms with Crippen LogP contribution in [0.15, 0.2) is 42.6 Å². The van der Waals surface area contributed by atoms with E-state index in [0.717, 1.165) is 51.0 Å². The number of hydrogen-bond acceptors (Lipinski definition) is 4. The van der Waals surface area contributed by atoms with Crippen molar-refractivity contribution >= 4 is 12.0 Å². The summed E-state index contributed by atoms with van der Waals surface area (Å²) >= 11 is 0. The van der Waals surface area contributed by atoms with E-state index in [4.69, 9.17) is 4.74 Å². The fourth-order valence-corrected chi connectivity index (χ4v) is 4.89. The highest BCUT2D eigenvalue weighted by Crippen LogP contribution is 2.26. The Morgan fingerprint density at radius 2 is 1.66 bits per heavy atom. The number of likely N-dealkylation sites (tertiary alicyclic amines) is 1. The van der Waals surface area contributed by atoms with Crippen LogP contribution in [0.3, 0.4) is 0 Å². The van der Waals surface area contributed by atoms with Gasteiger partial charge < -0.3 is 19.1 Å². The van der Waals surface area contributed by atoms with Crippen molar-refractivity contribution in [2.75, 3.05) is 39.3 Å². The van der Waals surface area contributed by atoms with Gasteiger partial charge in [-0.25, -0.2) is 9.18 Å². The first-order valence-electron chi connectivity index (χ1n) is 12.6. The third-order valence-corrected chi connectivity index (χ3v) is 6.70. The lowest BCUT2D eigenvalue weighted by molar-refractivity contribution is 0.0186. The Labute approximate surface area is 207 Å². The average molecular weight is 485 g/mol. The minimum atomic E-state index is -0.504. The fourth-order valence-electron chi connectivity index (χ4n) is 4.89. The van der Waals surface area contributed by atoms with Crippen LogP contribution in [0, 0.1) is 5.82 Å². The van der Waals surface area contributed by atoms with E-state index in [0.29, 0.717) is 25.3 Å². The highest BCUT2D eigenvalue weighted by Gasteiger charge is 2.30. The van der Waals surface area contributed by atoms with Crippen molar-refractivity contribution in [2.45, 2.75) is 58.2 Å². The monoisotopic (exact) mass is 484 g/mol. The van der Waals surface area contributed by atoms with Gasteiger partial charge in [-0.1, -0.05) is 12.1 Å². The lowest BCUT2D eigenvalue weighted by Gasteiger charge is -2.34. The number of carbonyl (C=O) groups is 2. The maximum Gasteiger partial charge on any atom is 0.410 e. The fraction of sp³-hybridized carbons (Fsp3) is 0.556. The molecule has 8 heteroatoms. The topological polar surface area (TPSA) is 58.0 Å². The van der Waals surface area contributed by atoms with E-state index in [1.54, 1.807) is 4.90 Å². The minimum absolute atomic E-state index is 0.0632. The van der Waals surface area contributed by atoms with Crippen LogP contribution in [0.5, 0.6) is 0 Å². The van der Waals surface area contributed by atoms with Gasteiger partial charge in [-0.3, -0.25) is 9.69 Å². The number of piperidine rings is 1. The van der Waals surface area contributed by atoms with E-state index in [-0.39, 0.29) is 23.9 Å². The molecule has 0 spiro atoms. The summed E-state index contributed by atoms with van der Waals surface area (Å²) in [6, 6.07) is 10.7. The molecule has 2 saturated heterocycles. The van der Waals surface area contributed by atoms with E-state index in [9.17, 15) is 14.0 Å². The molecule has 0 N–H and O–H groups in total. The zero-order valence-electron chi connectivity index (χ0n) is 21.1. The Balaban J connectivity index is 1.33. The average Bonchev–Trinajstić information content (AvgIpc) is 3.19. The first kappa shape index (κ1) is 25.2. The molecule has 0 radical (unpaired) electrons. The molecule has 0 aliphatic carbocycles. The van der Waals surface area contributed by atoms with Crippen LogP contribution in [-0.2, 0) is 11.3 Å². The van der Waals surface area contributed by atoms with Crippen LogP contribution >= 0.6 is 0 Å². The van der Waals surface area contributed by atoms with Gasteiger partial charge in [-0.15, -0.1) is 0 Å². The predicted octanol–water partition coefficient (Wildman–Crippen LogP) is 4.55. The van der Waals surface area contributed by atoms with Gasteiger partial charge >= 0.3 is 6.09 Å². The summed E-state index contributed by atoms with van der Waals surface area (Å²) in [5.41, 5.74) is 1.29. The van der Waals surface area contributed by atoms with E-state index >= 15 is 0 Å². The third-order valence-electron chi connectivity index (χ3n) is 6.70. The summed E-state index contributed by atoms with van der Waals surface area (Å²) in [5, 5.41) is 0. The number of ether oxygens (including phenoxy) is 1. The lowest BCUT2D eigenvalue weighted by atomic mass is 10.0. The zero-order chi connectivity index (χ0) is 25.0. The van der Waals surface area contributed by atoms with Gasteiger partial charge in [0.1, 0.15) is 17.1 Å². The smallest absolute Gasteiger partial charge is 0.410 e. The molecule has 7 nitrogen and oxygen atoms in total. The minimum Gasteiger partial charge on any atom is -0.444 e. The van der Waals surface area contributed by atoms with E-state index in [2.05, 4.69) is 9.47 Å². The van der Waals surface area contributed by atoms with Gasteiger partial charge in [0.2, 0.25) is 0 Å². The Kier molecular flexibility index (Phi) is 7.79. The highest BCUT2D eigenvalue weighted by molar-refractivity contribution is 5.92. The quantitative estimate of drug-likeness (QED) is 0.639. The largest absolute Gasteiger partial charge is 0.444 e. The number of carbonyl (C=O) groups excluding carboxylic acids is 2. The van der Waals surface area contributed by atoms with Gasteiger partial charge in [0.25, 0.3) is 5.91 Å². The summed E-state index contributed by atoms with van der Waals surface area (Å²) in [4.78, 5) is 31.9. The molecule has 0 saturated carbocycles. The number of rotatable bonds is 4. The van der Waals surface area contributed by atoms with Crippen LogP contribution in [0.2, 0.25) is 0 Å². The molecule has 1 aromatic carbocycles. The molecular weight excluding hydrogens is 447 g/mol. The van der Waals surface area contributed by atoms with Crippen LogP contribution < -0.4 is 0 Å². The maximum absolute atomic E-state index is 13.5. The van der Waals surface area contributed by atoms with Crippen molar-refractivity contribution in [3.05, 3.63) is 59.7 Å². The van der Waals surface area contributed by atoms with Crippen molar-refractivity contribution < 1.29 is 18.7 Å². The van der Waals surface area contributed by atoms with Crippen molar-refractivity contribution in [1.82, 2.24) is 19.3 Å². The maximum atomic E-state index is 13.5. The molecular formula is C27H37FN4O3. The van der Waals surface area contributed by atoms with Crippen molar-refractivity contribution in [3.8, 4) is 0 Å². The van der Waals surface area contributed by atoms with Crippen LogP contribution in [-0.4, -0.2) is 76.1 Å². The second-order valence-electron chi connectivity index (χ2n) is 10.5. The Morgan fingerprint density at radius 1 is 0.943 bits per heavy atom. The van der Waals surface area contributed by atoms with Crippen molar-refractivity contribution in [1.29, 1.82) is 0 Å². The van der Waals surface area contributed by atoms with Gasteiger partial charge in [0.15, 0.2) is 0 Å². The third kappa shape index (κ3) is 6.63. The highest BCUT2D eigenvalue weighted by atomic mass is 19.1. The predicted molar refractivity (Wildman–Crippen MR) is 133 cm³/mol. The van der Waals surface area contributed by atoms with Crippen molar-refractivity contribution in [3.63, 3.8) is 0 Å². The number of hydrogen-bond donors (Lipinski definition) is 0. The van der Waals surface area contributed by atoms with Crippen molar-refractivity contribution in [2.24, 2.45) is 0 Å². The molecule has 2 amide bonds. The summed E-state index contributed by atoms with van der Waals surface area (Å²) in [7, 11) is 0. The Hall–Kier alpha value is -2.87. The summed E-state index contributed by atoms with van der Waals surface area (Å²) in [5.74, 6) is -0.159. The first-order chi connectivity index (χ1) is 16.7. The Morgan fingerprint density at radius 3 is 2.34 bits per heavy atom. The summed E-state index contributed by atoms with van der Waals surface area (Å²) < 4.78 is 20.8. The first-order valence-corrected chi connectivity index (χ1v) is 12.6. The molecule has 2 aromatic rings. The SMILES string of the molecule is CC(C)(C)OC(=O)N1CCC(n2cccc2C(=O)N2CCCN(Cc3ccc(F)cc3)CC2)CC1. The molecule has 2 aliphatic rings. The van der Waals surface area contributed by atoms with Gasteiger partial charge in [-0.05, 0) is 69.9 Å². The Bertz CT molecular complexity index is 1010. The molecule has 0 unspecified atom stereocenters. The number of nitrogens with zero attached hydrogens (tertiary/aromatic N) is 4. The number of benzene rings is 1. The summed E-state index contributed by atoms with van der Waals surface area (Å²) in [6.45, 7) is 10.7. The molecule has 4 rings (SSSR count). The molecule has 3 heterocycles. The lowest BCUT2D eigenvalue weighted by Crippen LogP contribution is -2.42. The summed E-state index contributed by atoms with van der Waals surface area (Å²) in [6.07, 6.45) is 4.20. The van der Waals surface area contributed by atoms with Gasteiger partial charge in [0.05, 0.1) is 0 Å². The molecule has 1 aromatic heterocycles. The van der Waals surface area contributed by atoms with E-state index in [1.807, 2.05) is 56.1 Å². The second kappa shape index (κ2) is 10.8. The molecule has 0 bridgehead atoms. The van der Waals surface area contributed by atoms with Gasteiger partial charge in [-0.2, -0.15) is 0 Å². The normalized spacial score (nSPS) is 18.4. The number of aromatic nitrogens is 1. The molecule has 0 atom stereocenters. The number of amides is 2. The second-order valence-corrected chi connectivity index (χ2v) is 10.5. The van der Waals surface area contributed by atoms with E-state index < -0.39 is 5.60 Å². The van der Waals surface area contributed by atoms with Crippen LogP contribution in [0.1, 0.15) is 62.1 Å². The van der Waals surface area contributed by atoms with Crippen LogP contribution in [0.25, 0.3) is 0 Å². The molecule has 2 fully saturated rings. The standard InChI is InChI=1S/C27H37FN4O3/c1-27(2,3)35-26(34)31-16-11-23(12-17-31)32-15-4-6-24(32)25(33)30-14-5-13-29(18-19-30)20-21-7-9-22(28)10-8-21/h4,6-10,15,23H,5,11-14,16-20H2,1-3H3. The van der Waals surface area contributed by atoms with E-state index in [1.165, 1.54) is 12.1 Å². The zero-order valence-corrected chi connectivity index (χ0v) is 21.1. The molecule has 190 valence electrons. The molecule has 2 aliphatic heterocycles. The van der Waals surface area contributed by atoms with Gasteiger partial charge in [0, 0.05) is 58.1 Å². The van der Waals surface area contributed by atoms with Crippen LogP contribution in [0.4, 0.5) is 9.18 Å². The molecule has 35 heavy (non-hydrogen) atoms.